The smallest absolute Gasteiger partial charge is 0.191 e. The van der Waals surface area contributed by atoms with Gasteiger partial charge in [-0.2, -0.15) is 0 Å². The minimum Gasteiger partial charge on any atom is -0.356 e. The van der Waals surface area contributed by atoms with Crippen molar-refractivity contribution in [3.8, 4) is 0 Å². The maximum Gasteiger partial charge on any atom is 0.191 e. The molecule has 1 saturated heterocycles. The molecule has 1 heterocycles. The Kier molecular flexibility index (Phi) is 8.47. The Hall–Kier alpha value is -1.20. The highest BCUT2D eigenvalue weighted by Crippen LogP contribution is 2.16. The van der Waals surface area contributed by atoms with Gasteiger partial charge in [0.15, 0.2) is 5.96 Å². The Bertz CT molecular complexity index is 501. The van der Waals surface area contributed by atoms with Crippen LogP contribution in [0.25, 0.3) is 0 Å². The normalized spacial score (nSPS) is 19.3. The van der Waals surface area contributed by atoms with Crippen molar-refractivity contribution in [2.24, 2.45) is 4.99 Å². The topological polar surface area (TPSA) is 39.7 Å². The molecule has 1 aliphatic heterocycles. The Balaban J connectivity index is 1.64. The van der Waals surface area contributed by atoms with E-state index in [9.17, 15) is 0 Å². The van der Waals surface area contributed by atoms with E-state index in [-0.39, 0.29) is 0 Å². The van der Waals surface area contributed by atoms with Gasteiger partial charge in [0.1, 0.15) is 0 Å². The van der Waals surface area contributed by atoms with Crippen LogP contribution in [0.15, 0.2) is 34.2 Å². The number of rotatable bonds is 7. The van der Waals surface area contributed by atoms with Crippen LogP contribution < -0.4 is 10.6 Å². The van der Waals surface area contributed by atoms with Gasteiger partial charge in [0.2, 0.25) is 0 Å². The summed E-state index contributed by atoms with van der Waals surface area (Å²) in [6, 6.07) is 9.42. The third-order valence-corrected chi connectivity index (χ3v) is 5.44. The van der Waals surface area contributed by atoms with Crippen LogP contribution in [-0.2, 0) is 6.54 Å². The average Bonchev–Trinajstić information content (AvgIpc) is 2.63. The first kappa shape index (κ1) is 19.1. The molecule has 0 aliphatic carbocycles. The molecule has 1 aromatic carbocycles. The maximum absolute atomic E-state index is 4.31. The number of piperidine rings is 1. The number of thioether (sulfide) groups is 1. The molecule has 1 aliphatic rings. The molecule has 0 radical (unpaired) electrons. The molecule has 0 aromatic heterocycles. The summed E-state index contributed by atoms with van der Waals surface area (Å²) in [6.45, 7) is 6.57. The highest BCUT2D eigenvalue weighted by atomic mass is 32.2. The van der Waals surface area contributed by atoms with E-state index in [2.05, 4.69) is 58.0 Å². The number of likely N-dealkylation sites (tertiary alicyclic amines) is 1. The molecule has 4 nitrogen and oxygen atoms in total. The van der Waals surface area contributed by atoms with Gasteiger partial charge >= 0.3 is 0 Å². The summed E-state index contributed by atoms with van der Waals surface area (Å²) in [5, 5.41) is 6.81. The van der Waals surface area contributed by atoms with Crippen molar-refractivity contribution >= 4 is 17.7 Å². The number of hydrogen-bond acceptors (Lipinski definition) is 3. The fraction of sp³-hybridized carbons (Fsp3) is 0.632. The Morgan fingerprint density at radius 3 is 2.71 bits per heavy atom. The standard InChI is InChI=1S/C19H32N4S/c1-16-7-4-5-13-23(16)14-6-12-21-19(20-2)22-15-17-8-10-18(24-3)11-9-17/h8-11,16H,4-7,12-15H2,1-3H3,(H2,20,21,22). The van der Waals surface area contributed by atoms with E-state index < -0.39 is 0 Å². The zero-order chi connectivity index (χ0) is 17.2. The van der Waals surface area contributed by atoms with Crippen molar-refractivity contribution < 1.29 is 0 Å². The first-order valence-corrected chi connectivity index (χ1v) is 10.3. The lowest BCUT2D eigenvalue weighted by atomic mass is 10.0. The quantitative estimate of drug-likeness (QED) is 0.343. The lowest BCUT2D eigenvalue weighted by Crippen LogP contribution is -2.41. The van der Waals surface area contributed by atoms with Crippen LogP contribution in [0.3, 0.4) is 0 Å². The SMILES string of the molecule is CN=C(NCCCN1CCCCC1C)NCc1ccc(SC)cc1. The fourth-order valence-corrected chi connectivity index (χ4v) is 3.54. The van der Waals surface area contributed by atoms with Gasteiger partial charge in [-0.3, -0.25) is 4.99 Å². The van der Waals surface area contributed by atoms with Crippen molar-refractivity contribution in [1.82, 2.24) is 15.5 Å². The first-order chi connectivity index (χ1) is 11.7. The van der Waals surface area contributed by atoms with Gasteiger partial charge in [0.05, 0.1) is 0 Å². The molecule has 1 aromatic rings. The van der Waals surface area contributed by atoms with Crippen LogP contribution >= 0.6 is 11.8 Å². The molecule has 0 amide bonds. The summed E-state index contributed by atoms with van der Waals surface area (Å²) in [6.07, 6.45) is 7.36. The van der Waals surface area contributed by atoms with Crippen molar-refractivity contribution in [2.75, 3.05) is 32.9 Å². The minimum atomic E-state index is 0.750. The third-order valence-electron chi connectivity index (χ3n) is 4.70. The van der Waals surface area contributed by atoms with E-state index in [1.165, 1.54) is 42.8 Å². The van der Waals surface area contributed by atoms with Crippen LogP contribution in [0.2, 0.25) is 0 Å². The van der Waals surface area contributed by atoms with Crippen molar-refractivity contribution in [3.05, 3.63) is 29.8 Å². The second kappa shape index (κ2) is 10.6. The summed E-state index contributed by atoms with van der Waals surface area (Å²) in [5.41, 5.74) is 1.28. The van der Waals surface area contributed by atoms with E-state index in [1.807, 2.05) is 7.05 Å². The number of nitrogens with zero attached hydrogens (tertiary/aromatic N) is 2. The van der Waals surface area contributed by atoms with Crippen molar-refractivity contribution in [2.45, 2.75) is 50.1 Å². The number of nitrogens with one attached hydrogen (secondary N) is 2. The molecule has 0 saturated carbocycles. The second-order valence-electron chi connectivity index (χ2n) is 6.43. The van der Waals surface area contributed by atoms with Gasteiger partial charge in [0, 0.05) is 37.6 Å². The van der Waals surface area contributed by atoms with Gasteiger partial charge in [-0.05, 0) is 56.7 Å². The van der Waals surface area contributed by atoms with Gasteiger partial charge in [-0.25, -0.2) is 0 Å². The lowest BCUT2D eigenvalue weighted by Gasteiger charge is -2.33. The Labute approximate surface area is 151 Å². The molecule has 1 fully saturated rings. The molecule has 1 atom stereocenters. The molecular formula is C19H32N4S. The maximum atomic E-state index is 4.31. The molecule has 134 valence electrons. The van der Waals surface area contributed by atoms with E-state index in [0.29, 0.717) is 0 Å². The van der Waals surface area contributed by atoms with Gasteiger partial charge in [-0.15, -0.1) is 11.8 Å². The van der Waals surface area contributed by atoms with Crippen LogP contribution in [0, 0.1) is 0 Å². The van der Waals surface area contributed by atoms with Crippen LogP contribution in [-0.4, -0.2) is 49.8 Å². The molecule has 2 rings (SSSR count). The number of guanidine groups is 1. The Morgan fingerprint density at radius 1 is 1.25 bits per heavy atom. The summed E-state index contributed by atoms with van der Waals surface area (Å²) in [4.78, 5) is 8.23. The fourth-order valence-electron chi connectivity index (χ4n) is 3.13. The number of hydrogen-bond donors (Lipinski definition) is 2. The summed E-state index contributed by atoms with van der Waals surface area (Å²) in [5.74, 6) is 0.885. The van der Waals surface area contributed by atoms with E-state index in [1.54, 1.807) is 11.8 Å². The highest BCUT2D eigenvalue weighted by molar-refractivity contribution is 7.98. The van der Waals surface area contributed by atoms with Crippen LogP contribution in [0.5, 0.6) is 0 Å². The minimum absolute atomic E-state index is 0.750. The predicted octanol–water partition coefficient (Wildman–Crippen LogP) is 3.34. The van der Waals surface area contributed by atoms with Gasteiger partial charge in [-0.1, -0.05) is 18.6 Å². The highest BCUT2D eigenvalue weighted by Gasteiger charge is 2.17. The largest absolute Gasteiger partial charge is 0.356 e. The number of aliphatic imine (C=N–C) groups is 1. The van der Waals surface area contributed by atoms with Crippen molar-refractivity contribution in [3.63, 3.8) is 0 Å². The average molecular weight is 349 g/mol. The zero-order valence-corrected chi connectivity index (χ0v) is 16.2. The summed E-state index contributed by atoms with van der Waals surface area (Å²) in [7, 11) is 1.83. The molecule has 1 unspecified atom stereocenters. The summed E-state index contributed by atoms with van der Waals surface area (Å²) < 4.78 is 0. The number of benzene rings is 1. The van der Waals surface area contributed by atoms with Gasteiger partial charge < -0.3 is 15.5 Å². The van der Waals surface area contributed by atoms with E-state index in [4.69, 9.17) is 0 Å². The van der Waals surface area contributed by atoms with Crippen molar-refractivity contribution in [1.29, 1.82) is 0 Å². The van der Waals surface area contributed by atoms with E-state index in [0.717, 1.165) is 31.5 Å². The Morgan fingerprint density at radius 2 is 2.04 bits per heavy atom. The third kappa shape index (κ3) is 6.36. The molecule has 24 heavy (non-hydrogen) atoms. The predicted molar refractivity (Wildman–Crippen MR) is 106 cm³/mol. The first-order valence-electron chi connectivity index (χ1n) is 9.04. The monoisotopic (exact) mass is 348 g/mol. The molecule has 0 spiro atoms. The zero-order valence-electron chi connectivity index (χ0n) is 15.3. The molecule has 5 heteroatoms. The van der Waals surface area contributed by atoms with Gasteiger partial charge in [0.25, 0.3) is 0 Å². The lowest BCUT2D eigenvalue weighted by molar-refractivity contribution is 0.159. The molecule has 0 bridgehead atoms. The van der Waals surface area contributed by atoms with Crippen LogP contribution in [0.4, 0.5) is 0 Å². The summed E-state index contributed by atoms with van der Waals surface area (Å²) >= 11 is 1.77. The molecule has 2 N–H and O–H groups in total. The van der Waals surface area contributed by atoms with Crippen LogP contribution in [0.1, 0.15) is 38.2 Å². The second-order valence-corrected chi connectivity index (χ2v) is 7.31. The molecular weight excluding hydrogens is 316 g/mol. The van der Waals surface area contributed by atoms with E-state index >= 15 is 0 Å².